The number of carbonyl (C=O) groups is 2. The van der Waals surface area contributed by atoms with E-state index in [1.165, 1.54) is 12.1 Å². The van der Waals surface area contributed by atoms with Crippen molar-refractivity contribution in [2.45, 2.75) is 12.8 Å². The molecule has 0 unspecified atom stereocenters. The molecule has 1 heterocycles. The van der Waals surface area contributed by atoms with Crippen molar-refractivity contribution in [2.24, 2.45) is 11.7 Å². The maximum Gasteiger partial charge on any atom is 0.335 e. The minimum atomic E-state index is -0.939. The first kappa shape index (κ1) is 17.9. The Morgan fingerprint density at radius 3 is 2.18 bits per heavy atom. The third kappa shape index (κ3) is 6.55. The quantitative estimate of drug-likeness (QED) is 0.634. The fourth-order valence-corrected chi connectivity index (χ4v) is 1.94. The van der Waals surface area contributed by atoms with E-state index in [2.05, 4.69) is 5.32 Å². The molecule has 0 bridgehead atoms. The Kier molecular flexibility index (Phi) is 7.95. The van der Waals surface area contributed by atoms with Crippen LogP contribution >= 0.6 is 0 Å². The van der Waals surface area contributed by atoms with Gasteiger partial charge in [-0.3, -0.25) is 4.79 Å². The second-order valence-electron chi connectivity index (χ2n) is 4.83. The summed E-state index contributed by atoms with van der Waals surface area (Å²) in [5.74, 6) is -1.04. The Labute approximate surface area is 129 Å². The predicted octanol–water partition coefficient (Wildman–Crippen LogP) is 0.793. The molecule has 22 heavy (non-hydrogen) atoms. The summed E-state index contributed by atoms with van der Waals surface area (Å²) >= 11 is 0. The van der Waals surface area contributed by atoms with Crippen molar-refractivity contribution in [2.75, 3.05) is 26.2 Å². The summed E-state index contributed by atoms with van der Waals surface area (Å²) in [7, 11) is 0. The molecule has 122 valence electrons. The average Bonchev–Trinajstić information content (AvgIpc) is 2.54. The molecule has 0 saturated carbocycles. The molecule has 1 fully saturated rings. The van der Waals surface area contributed by atoms with Gasteiger partial charge in [-0.2, -0.15) is 0 Å². The van der Waals surface area contributed by atoms with Gasteiger partial charge in [0, 0.05) is 6.54 Å². The largest absolute Gasteiger partial charge is 0.492 e. The van der Waals surface area contributed by atoms with Gasteiger partial charge in [0.2, 0.25) is 0 Å². The van der Waals surface area contributed by atoms with Crippen LogP contribution in [0.15, 0.2) is 24.3 Å². The van der Waals surface area contributed by atoms with Crippen molar-refractivity contribution in [3.05, 3.63) is 29.8 Å². The minimum Gasteiger partial charge on any atom is -0.492 e. The first-order valence-electron chi connectivity index (χ1n) is 7.14. The molecule has 7 heteroatoms. The van der Waals surface area contributed by atoms with Crippen LogP contribution in [-0.2, 0) is 4.79 Å². The summed E-state index contributed by atoms with van der Waals surface area (Å²) in [5.41, 5.74) is 5.49. The maximum atomic E-state index is 10.5. The number of hydrogen-bond acceptors (Lipinski definition) is 5. The summed E-state index contributed by atoms with van der Waals surface area (Å²) in [4.78, 5) is 20.8. The fourth-order valence-electron chi connectivity index (χ4n) is 1.94. The van der Waals surface area contributed by atoms with Gasteiger partial charge in [0.1, 0.15) is 12.4 Å². The Morgan fingerprint density at radius 2 is 1.77 bits per heavy atom. The van der Waals surface area contributed by atoms with Gasteiger partial charge in [0.15, 0.2) is 0 Å². The zero-order valence-corrected chi connectivity index (χ0v) is 12.3. The Balaban J connectivity index is 0.000000235. The van der Waals surface area contributed by atoms with Gasteiger partial charge in [-0.25, -0.2) is 4.79 Å². The van der Waals surface area contributed by atoms with E-state index in [0.29, 0.717) is 18.9 Å². The van der Waals surface area contributed by atoms with Crippen molar-refractivity contribution < 1.29 is 24.5 Å². The van der Waals surface area contributed by atoms with Gasteiger partial charge in [-0.15, -0.1) is 0 Å². The van der Waals surface area contributed by atoms with Crippen molar-refractivity contribution in [1.82, 2.24) is 5.32 Å². The van der Waals surface area contributed by atoms with Gasteiger partial charge >= 0.3 is 11.9 Å². The molecule has 0 aliphatic carbocycles. The maximum absolute atomic E-state index is 10.5. The second-order valence-corrected chi connectivity index (χ2v) is 4.83. The normalized spacial score (nSPS) is 14.6. The standard InChI is InChI=1S/C9H11NO3.C6H11NO2/c10-5-6-13-8-3-1-7(2-4-8)9(11)12;8-6(9)5-1-3-7-4-2-5/h1-4H,5-6,10H2,(H,11,12);5,7H,1-4H2,(H,8,9). The molecule has 1 aromatic rings. The molecule has 0 radical (unpaired) electrons. The number of nitrogens with two attached hydrogens (primary N) is 1. The lowest BCUT2D eigenvalue weighted by Gasteiger charge is -2.17. The SMILES string of the molecule is NCCOc1ccc(C(=O)O)cc1.O=C(O)C1CCNCC1. The number of aliphatic carboxylic acids is 1. The summed E-state index contributed by atoms with van der Waals surface area (Å²) in [5, 5.41) is 20.2. The molecule has 0 spiro atoms. The lowest BCUT2D eigenvalue weighted by atomic mass is 9.99. The molecule has 5 N–H and O–H groups in total. The van der Waals surface area contributed by atoms with Crippen molar-refractivity contribution in [3.63, 3.8) is 0 Å². The van der Waals surface area contributed by atoms with E-state index < -0.39 is 11.9 Å². The van der Waals surface area contributed by atoms with E-state index >= 15 is 0 Å². The number of carboxylic acid groups (broad SMARTS) is 2. The highest BCUT2D eigenvalue weighted by Crippen LogP contribution is 2.11. The van der Waals surface area contributed by atoms with E-state index in [9.17, 15) is 9.59 Å². The Bertz CT molecular complexity index is 469. The number of aromatic carboxylic acids is 1. The molecule has 7 nitrogen and oxygen atoms in total. The molecule has 0 aromatic heterocycles. The Hall–Kier alpha value is -2.12. The van der Waals surface area contributed by atoms with Crippen molar-refractivity contribution in [3.8, 4) is 5.75 Å². The number of piperidine rings is 1. The monoisotopic (exact) mass is 310 g/mol. The molecule has 1 aliphatic heterocycles. The summed E-state index contributed by atoms with van der Waals surface area (Å²) < 4.78 is 5.17. The van der Waals surface area contributed by atoms with E-state index in [0.717, 1.165) is 25.9 Å². The van der Waals surface area contributed by atoms with Crippen LogP contribution < -0.4 is 15.8 Å². The molecule has 2 rings (SSSR count). The third-order valence-electron chi connectivity index (χ3n) is 3.18. The van der Waals surface area contributed by atoms with E-state index in [1.54, 1.807) is 12.1 Å². The third-order valence-corrected chi connectivity index (χ3v) is 3.18. The zero-order valence-electron chi connectivity index (χ0n) is 12.3. The molecular formula is C15H22N2O5. The van der Waals surface area contributed by atoms with Crippen LogP contribution in [0.25, 0.3) is 0 Å². The number of carboxylic acids is 2. The Morgan fingerprint density at radius 1 is 1.18 bits per heavy atom. The highest BCUT2D eigenvalue weighted by Gasteiger charge is 2.19. The summed E-state index contributed by atoms with van der Waals surface area (Å²) in [6, 6.07) is 6.21. The van der Waals surface area contributed by atoms with Gasteiger partial charge < -0.3 is 26.0 Å². The molecule has 1 aliphatic rings. The average molecular weight is 310 g/mol. The lowest BCUT2D eigenvalue weighted by Crippen LogP contribution is -2.31. The van der Waals surface area contributed by atoms with E-state index in [-0.39, 0.29) is 11.5 Å². The van der Waals surface area contributed by atoms with Crippen LogP contribution in [-0.4, -0.2) is 48.4 Å². The predicted molar refractivity (Wildman–Crippen MR) is 81.2 cm³/mol. The molecular weight excluding hydrogens is 288 g/mol. The van der Waals surface area contributed by atoms with Crippen LogP contribution in [0.1, 0.15) is 23.2 Å². The summed E-state index contributed by atoms with van der Waals surface area (Å²) in [6.45, 7) is 2.60. The van der Waals surface area contributed by atoms with E-state index in [1.807, 2.05) is 0 Å². The van der Waals surface area contributed by atoms with Crippen LogP contribution in [0.5, 0.6) is 5.75 Å². The summed E-state index contributed by atoms with van der Waals surface area (Å²) in [6.07, 6.45) is 1.57. The smallest absolute Gasteiger partial charge is 0.335 e. The van der Waals surface area contributed by atoms with Gasteiger partial charge in [0.25, 0.3) is 0 Å². The number of nitrogens with one attached hydrogen (secondary N) is 1. The van der Waals surface area contributed by atoms with Gasteiger partial charge in [-0.05, 0) is 50.2 Å². The zero-order chi connectivity index (χ0) is 16.4. The number of benzene rings is 1. The first-order chi connectivity index (χ1) is 10.5. The van der Waals surface area contributed by atoms with Crippen LogP contribution in [0, 0.1) is 5.92 Å². The molecule has 0 atom stereocenters. The van der Waals surface area contributed by atoms with Crippen LogP contribution in [0.2, 0.25) is 0 Å². The number of rotatable bonds is 5. The highest BCUT2D eigenvalue weighted by molar-refractivity contribution is 5.87. The molecule has 1 saturated heterocycles. The van der Waals surface area contributed by atoms with Crippen LogP contribution in [0.4, 0.5) is 0 Å². The first-order valence-corrected chi connectivity index (χ1v) is 7.14. The fraction of sp³-hybridized carbons (Fsp3) is 0.467. The lowest BCUT2D eigenvalue weighted by molar-refractivity contribution is -0.142. The second kappa shape index (κ2) is 9.75. The minimum absolute atomic E-state index is 0.0914. The van der Waals surface area contributed by atoms with Crippen molar-refractivity contribution >= 4 is 11.9 Å². The number of hydrogen-bond donors (Lipinski definition) is 4. The molecule has 0 amide bonds. The van der Waals surface area contributed by atoms with Crippen LogP contribution in [0.3, 0.4) is 0 Å². The van der Waals surface area contributed by atoms with E-state index in [4.69, 9.17) is 20.7 Å². The number of ether oxygens (including phenoxy) is 1. The molecule has 1 aromatic carbocycles. The van der Waals surface area contributed by atoms with Gasteiger partial charge in [0.05, 0.1) is 11.5 Å². The highest BCUT2D eigenvalue weighted by atomic mass is 16.5. The topological polar surface area (TPSA) is 122 Å². The van der Waals surface area contributed by atoms with Gasteiger partial charge in [-0.1, -0.05) is 0 Å². The van der Waals surface area contributed by atoms with Crippen molar-refractivity contribution in [1.29, 1.82) is 0 Å².